The smallest absolute Gasteiger partial charge is 0.280 e. The second-order valence-electron chi connectivity index (χ2n) is 5.94. The highest BCUT2D eigenvalue weighted by molar-refractivity contribution is 7.87. The van der Waals surface area contributed by atoms with Gasteiger partial charge in [0.2, 0.25) is 0 Å². The van der Waals surface area contributed by atoms with E-state index in [1.165, 1.54) is 0 Å². The molecule has 1 unspecified atom stereocenters. The van der Waals surface area contributed by atoms with Crippen molar-refractivity contribution in [1.82, 2.24) is 9.03 Å². The number of nitrogens with one attached hydrogen (secondary N) is 1. The third-order valence-corrected chi connectivity index (χ3v) is 6.59. The molecule has 1 aromatic rings. The first kappa shape index (κ1) is 16.9. The molecule has 0 saturated carbocycles. The predicted molar refractivity (Wildman–Crippen MR) is 87.3 cm³/mol. The number of hydrogen-bond acceptors (Lipinski definition) is 4. The summed E-state index contributed by atoms with van der Waals surface area (Å²) in [6.45, 7) is 5.84. The Labute approximate surface area is 131 Å². The molecule has 1 atom stereocenters. The highest BCUT2D eigenvalue weighted by atomic mass is 32.2. The summed E-state index contributed by atoms with van der Waals surface area (Å²) >= 11 is 1.59. The number of thiophene rings is 1. The van der Waals surface area contributed by atoms with Gasteiger partial charge >= 0.3 is 0 Å². The Morgan fingerprint density at radius 1 is 1.43 bits per heavy atom. The van der Waals surface area contributed by atoms with Crippen molar-refractivity contribution < 1.29 is 8.42 Å². The summed E-state index contributed by atoms with van der Waals surface area (Å²) in [6.07, 6.45) is 1.70. The molecular weight excluding hydrogens is 306 g/mol. The standard InChI is InChI=1S/C14H25N3O2S2/c1-11(2)14(13-4-3-9-20-13)16-21(18,19)17-7-5-12(10-15)6-8-17/h3-4,9,11-12,14,16H,5-8,10,15H2,1-2H3. The molecule has 1 aliphatic rings. The molecular formula is C14H25N3O2S2. The van der Waals surface area contributed by atoms with Crippen LogP contribution in [0.2, 0.25) is 0 Å². The zero-order chi connectivity index (χ0) is 15.5. The first-order valence-electron chi connectivity index (χ1n) is 7.45. The summed E-state index contributed by atoms with van der Waals surface area (Å²) in [4.78, 5) is 1.06. The van der Waals surface area contributed by atoms with E-state index in [0.717, 1.165) is 17.7 Å². The summed E-state index contributed by atoms with van der Waals surface area (Å²) in [6, 6.07) is 3.77. The van der Waals surface area contributed by atoms with Gasteiger partial charge in [-0.05, 0) is 42.7 Å². The number of nitrogens with two attached hydrogens (primary N) is 1. The molecule has 120 valence electrons. The van der Waals surface area contributed by atoms with E-state index < -0.39 is 10.2 Å². The Kier molecular flexibility index (Phi) is 5.79. The van der Waals surface area contributed by atoms with Crippen LogP contribution in [0.4, 0.5) is 0 Å². The van der Waals surface area contributed by atoms with Crippen LogP contribution in [0.25, 0.3) is 0 Å². The third kappa shape index (κ3) is 4.26. The van der Waals surface area contributed by atoms with Gasteiger partial charge in [0.25, 0.3) is 10.2 Å². The van der Waals surface area contributed by atoms with E-state index in [1.807, 2.05) is 31.4 Å². The second kappa shape index (κ2) is 7.19. The van der Waals surface area contributed by atoms with Gasteiger partial charge in [0.05, 0.1) is 6.04 Å². The summed E-state index contributed by atoms with van der Waals surface area (Å²) in [5.74, 6) is 0.662. The van der Waals surface area contributed by atoms with Crippen LogP contribution in [-0.4, -0.2) is 32.4 Å². The lowest BCUT2D eigenvalue weighted by Gasteiger charge is -2.32. The molecule has 0 radical (unpaired) electrons. The Morgan fingerprint density at radius 2 is 2.10 bits per heavy atom. The maximum absolute atomic E-state index is 12.6. The molecule has 2 heterocycles. The van der Waals surface area contributed by atoms with E-state index in [9.17, 15) is 8.42 Å². The normalized spacial score (nSPS) is 20.0. The van der Waals surface area contributed by atoms with Gasteiger partial charge < -0.3 is 5.73 Å². The minimum absolute atomic E-state index is 0.165. The first-order chi connectivity index (χ1) is 9.94. The maximum atomic E-state index is 12.6. The van der Waals surface area contributed by atoms with Crippen molar-refractivity contribution in [3.05, 3.63) is 22.4 Å². The predicted octanol–water partition coefficient (Wildman–Crippen LogP) is 1.95. The van der Waals surface area contributed by atoms with Crippen LogP contribution >= 0.6 is 11.3 Å². The average Bonchev–Trinajstić information content (AvgIpc) is 2.98. The third-order valence-electron chi connectivity index (χ3n) is 4.04. The van der Waals surface area contributed by atoms with Gasteiger partial charge in [0.15, 0.2) is 0 Å². The zero-order valence-corrected chi connectivity index (χ0v) is 14.3. The monoisotopic (exact) mass is 331 g/mol. The molecule has 1 aliphatic heterocycles. The van der Waals surface area contributed by atoms with Crippen LogP contribution in [0.3, 0.4) is 0 Å². The van der Waals surface area contributed by atoms with Gasteiger partial charge in [0, 0.05) is 18.0 Å². The average molecular weight is 332 g/mol. The van der Waals surface area contributed by atoms with Crippen LogP contribution in [0.15, 0.2) is 17.5 Å². The van der Waals surface area contributed by atoms with Gasteiger partial charge in [-0.1, -0.05) is 19.9 Å². The molecule has 7 heteroatoms. The van der Waals surface area contributed by atoms with Gasteiger partial charge in [0.1, 0.15) is 0 Å². The van der Waals surface area contributed by atoms with Crippen molar-refractivity contribution in [2.45, 2.75) is 32.7 Å². The largest absolute Gasteiger partial charge is 0.330 e. The minimum Gasteiger partial charge on any atom is -0.330 e. The van der Waals surface area contributed by atoms with Gasteiger partial charge in [-0.3, -0.25) is 0 Å². The van der Waals surface area contributed by atoms with Crippen molar-refractivity contribution in [2.24, 2.45) is 17.6 Å². The fraction of sp³-hybridized carbons (Fsp3) is 0.714. The molecule has 2 rings (SSSR count). The number of nitrogens with zero attached hydrogens (tertiary/aromatic N) is 1. The van der Waals surface area contributed by atoms with E-state index in [1.54, 1.807) is 15.6 Å². The van der Waals surface area contributed by atoms with Gasteiger partial charge in [-0.25, -0.2) is 0 Å². The summed E-state index contributed by atoms with van der Waals surface area (Å²) < 4.78 is 29.6. The van der Waals surface area contributed by atoms with Crippen LogP contribution in [0.5, 0.6) is 0 Å². The quantitative estimate of drug-likeness (QED) is 0.836. The summed E-state index contributed by atoms with van der Waals surface area (Å²) in [5.41, 5.74) is 5.66. The van der Waals surface area contributed by atoms with Crippen molar-refractivity contribution in [3.63, 3.8) is 0 Å². The minimum atomic E-state index is -3.44. The Balaban J connectivity index is 2.06. The maximum Gasteiger partial charge on any atom is 0.280 e. The highest BCUT2D eigenvalue weighted by Crippen LogP contribution is 2.28. The second-order valence-corrected chi connectivity index (χ2v) is 8.62. The van der Waals surface area contributed by atoms with Crippen molar-refractivity contribution >= 4 is 21.5 Å². The number of piperidine rings is 1. The lowest BCUT2D eigenvalue weighted by Crippen LogP contribution is -2.47. The van der Waals surface area contributed by atoms with Crippen LogP contribution < -0.4 is 10.5 Å². The van der Waals surface area contributed by atoms with Crippen molar-refractivity contribution in [2.75, 3.05) is 19.6 Å². The van der Waals surface area contributed by atoms with E-state index in [2.05, 4.69) is 4.72 Å². The molecule has 0 amide bonds. The molecule has 0 bridgehead atoms. The van der Waals surface area contributed by atoms with Crippen LogP contribution in [-0.2, 0) is 10.2 Å². The Hall–Kier alpha value is -0.470. The number of hydrogen-bond donors (Lipinski definition) is 2. The van der Waals surface area contributed by atoms with Crippen LogP contribution in [0.1, 0.15) is 37.6 Å². The molecule has 1 fully saturated rings. The van der Waals surface area contributed by atoms with Gasteiger partial charge in [-0.2, -0.15) is 17.4 Å². The molecule has 0 aliphatic carbocycles. The fourth-order valence-electron chi connectivity index (χ4n) is 2.61. The highest BCUT2D eigenvalue weighted by Gasteiger charge is 2.31. The zero-order valence-electron chi connectivity index (χ0n) is 12.7. The first-order valence-corrected chi connectivity index (χ1v) is 9.77. The molecule has 5 nitrogen and oxygen atoms in total. The van der Waals surface area contributed by atoms with Crippen LogP contribution in [0, 0.1) is 11.8 Å². The van der Waals surface area contributed by atoms with Gasteiger partial charge in [-0.15, -0.1) is 11.3 Å². The number of rotatable bonds is 6. The van der Waals surface area contributed by atoms with E-state index in [0.29, 0.717) is 25.6 Å². The fourth-order valence-corrected chi connectivity index (χ4v) is 5.20. The van der Waals surface area contributed by atoms with E-state index in [-0.39, 0.29) is 12.0 Å². The molecule has 0 spiro atoms. The molecule has 1 aromatic heterocycles. The van der Waals surface area contributed by atoms with E-state index in [4.69, 9.17) is 5.73 Å². The van der Waals surface area contributed by atoms with E-state index >= 15 is 0 Å². The Bertz CT molecular complexity index is 520. The summed E-state index contributed by atoms with van der Waals surface area (Å²) in [7, 11) is -3.44. The van der Waals surface area contributed by atoms with Crippen molar-refractivity contribution in [3.8, 4) is 0 Å². The summed E-state index contributed by atoms with van der Waals surface area (Å²) in [5, 5.41) is 1.98. The molecule has 1 saturated heterocycles. The molecule has 3 N–H and O–H groups in total. The lowest BCUT2D eigenvalue weighted by molar-refractivity contribution is 0.272. The molecule has 0 aromatic carbocycles. The SMILES string of the molecule is CC(C)C(NS(=O)(=O)N1CCC(CN)CC1)c1cccs1. The Morgan fingerprint density at radius 3 is 2.57 bits per heavy atom. The van der Waals surface area contributed by atoms with Crippen molar-refractivity contribution in [1.29, 1.82) is 0 Å². The molecule has 21 heavy (non-hydrogen) atoms. The lowest BCUT2D eigenvalue weighted by atomic mass is 9.99. The topological polar surface area (TPSA) is 75.4 Å².